The number of rotatable bonds is 4. The van der Waals surface area contributed by atoms with Gasteiger partial charge in [0.05, 0.1) is 15.9 Å². The maximum Gasteiger partial charge on any atom is 0.265 e. The summed E-state index contributed by atoms with van der Waals surface area (Å²) < 4.78 is 6.19. The van der Waals surface area contributed by atoms with Crippen LogP contribution in [-0.2, 0) is 14.4 Å². The molecule has 0 spiro atoms. The Morgan fingerprint density at radius 2 is 2.07 bits per heavy atom. The number of benzene rings is 2. The standard InChI is InChI=1S/C19H15ClN4O4S/c1-10(25)21-19-23-13-4-3-12(7-16(13)29-19)22-17(26)8-24-14-6-11(20)2-5-15(14)28-9-18(24)27/h2-7H,8-9H2,1H3,(H,22,26)(H,21,23,25). The predicted molar refractivity (Wildman–Crippen MR) is 112 cm³/mol. The molecule has 148 valence electrons. The van der Waals surface area contributed by atoms with E-state index < -0.39 is 0 Å². The minimum Gasteiger partial charge on any atom is -0.482 e. The van der Waals surface area contributed by atoms with Gasteiger partial charge in [-0.25, -0.2) is 4.98 Å². The molecule has 0 atom stereocenters. The fourth-order valence-corrected chi connectivity index (χ4v) is 4.02. The van der Waals surface area contributed by atoms with Gasteiger partial charge in [-0.2, -0.15) is 0 Å². The van der Waals surface area contributed by atoms with E-state index in [2.05, 4.69) is 15.6 Å². The van der Waals surface area contributed by atoms with E-state index in [9.17, 15) is 14.4 Å². The molecule has 3 amide bonds. The van der Waals surface area contributed by atoms with Gasteiger partial charge >= 0.3 is 0 Å². The number of amides is 3. The summed E-state index contributed by atoms with van der Waals surface area (Å²) in [6.07, 6.45) is 0. The van der Waals surface area contributed by atoms with Crippen molar-refractivity contribution >= 4 is 67.4 Å². The van der Waals surface area contributed by atoms with E-state index in [0.29, 0.717) is 32.8 Å². The summed E-state index contributed by atoms with van der Waals surface area (Å²) in [4.78, 5) is 41.6. The zero-order valence-corrected chi connectivity index (χ0v) is 16.8. The van der Waals surface area contributed by atoms with Gasteiger partial charge in [-0.15, -0.1) is 0 Å². The van der Waals surface area contributed by atoms with Crippen LogP contribution in [0.1, 0.15) is 6.92 Å². The number of ether oxygens (including phenoxy) is 1. The number of aromatic nitrogens is 1. The molecule has 2 aromatic carbocycles. The molecule has 1 aromatic heterocycles. The third-order valence-electron chi connectivity index (χ3n) is 4.12. The molecule has 8 nitrogen and oxygen atoms in total. The highest BCUT2D eigenvalue weighted by atomic mass is 35.5. The van der Waals surface area contributed by atoms with Gasteiger partial charge in [-0.3, -0.25) is 19.3 Å². The molecule has 29 heavy (non-hydrogen) atoms. The molecule has 0 saturated carbocycles. The highest BCUT2D eigenvalue weighted by Crippen LogP contribution is 2.34. The lowest BCUT2D eigenvalue weighted by Gasteiger charge is -2.29. The molecular formula is C19H15ClN4O4S. The Bertz CT molecular complexity index is 1150. The summed E-state index contributed by atoms with van der Waals surface area (Å²) in [5, 5.41) is 6.36. The number of carbonyl (C=O) groups is 3. The van der Waals surface area contributed by atoms with E-state index in [1.165, 1.54) is 23.2 Å². The molecule has 0 fully saturated rings. The average molecular weight is 431 g/mol. The van der Waals surface area contributed by atoms with Crippen molar-refractivity contribution in [3.8, 4) is 5.75 Å². The van der Waals surface area contributed by atoms with Crippen LogP contribution in [0.5, 0.6) is 5.75 Å². The quantitative estimate of drug-likeness (QED) is 0.661. The third-order valence-corrected chi connectivity index (χ3v) is 5.29. The number of nitrogens with one attached hydrogen (secondary N) is 2. The number of carbonyl (C=O) groups excluding carboxylic acids is 3. The SMILES string of the molecule is CC(=O)Nc1nc2ccc(NC(=O)CN3C(=O)COc4ccc(Cl)cc43)cc2s1. The number of thiazole rings is 1. The van der Waals surface area contributed by atoms with Gasteiger partial charge in [0.25, 0.3) is 5.91 Å². The second kappa shape index (κ2) is 7.69. The molecule has 2 N–H and O–H groups in total. The molecule has 3 aromatic rings. The van der Waals surface area contributed by atoms with Crippen LogP contribution in [0.15, 0.2) is 36.4 Å². The monoisotopic (exact) mass is 430 g/mol. The Morgan fingerprint density at radius 3 is 2.86 bits per heavy atom. The lowest BCUT2D eigenvalue weighted by Crippen LogP contribution is -2.43. The smallest absolute Gasteiger partial charge is 0.265 e. The second-order valence-electron chi connectivity index (χ2n) is 6.31. The van der Waals surface area contributed by atoms with E-state index in [1.807, 2.05) is 0 Å². The summed E-state index contributed by atoms with van der Waals surface area (Å²) in [5.74, 6) is -0.392. The minimum absolute atomic E-state index is 0.138. The Morgan fingerprint density at radius 1 is 1.24 bits per heavy atom. The summed E-state index contributed by atoms with van der Waals surface area (Å²) >= 11 is 7.33. The molecule has 1 aliphatic rings. The average Bonchev–Trinajstić information content (AvgIpc) is 3.05. The van der Waals surface area contributed by atoms with Crippen molar-refractivity contribution in [2.75, 3.05) is 28.7 Å². The molecule has 0 saturated heterocycles. The number of anilines is 3. The van der Waals surface area contributed by atoms with Gasteiger partial charge in [0.15, 0.2) is 11.7 Å². The zero-order valence-electron chi connectivity index (χ0n) is 15.2. The Hall–Kier alpha value is -3.17. The van der Waals surface area contributed by atoms with Gasteiger partial charge in [0.2, 0.25) is 11.8 Å². The highest BCUT2D eigenvalue weighted by Gasteiger charge is 2.27. The van der Waals surface area contributed by atoms with E-state index in [4.69, 9.17) is 16.3 Å². The third kappa shape index (κ3) is 4.15. The van der Waals surface area contributed by atoms with Crippen molar-refractivity contribution in [2.24, 2.45) is 0 Å². The van der Waals surface area contributed by atoms with Crippen molar-refractivity contribution in [1.82, 2.24) is 4.98 Å². The molecule has 0 bridgehead atoms. The van der Waals surface area contributed by atoms with Crippen molar-refractivity contribution in [3.63, 3.8) is 0 Å². The van der Waals surface area contributed by atoms with Gasteiger partial charge < -0.3 is 15.4 Å². The largest absolute Gasteiger partial charge is 0.482 e. The maximum absolute atomic E-state index is 12.6. The molecule has 1 aliphatic heterocycles. The van der Waals surface area contributed by atoms with Crippen LogP contribution in [0.25, 0.3) is 10.2 Å². The Labute approximate surface area is 174 Å². The summed E-state index contributed by atoms with van der Waals surface area (Å²) in [6.45, 7) is 1.10. The van der Waals surface area contributed by atoms with Crippen molar-refractivity contribution < 1.29 is 19.1 Å². The van der Waals surface area contributed by atoms with E-state index in [1.54, 1.807) is 36.4 Å². The summed E-state index contributed by atoms with van der Waals surface area (Å²) in [5.41, 5.74) is 1.73. The van der Waals surface area contributed by atoms with Crippen LogP contribution >= 0.6 is 22.9 Å². The highest BCUT2D eigenvalue weighted by molar-refractivity contribution is 7.22. The molecule has 2 heterocycles. The first-order valence-electron chi connectivity index (χ1n) is 8.60. The van der Waals surface area contributed by atoms with E-state index in [-0.39, 0.29) is 30.9 Å². The molecule has 0 unspecified atom stereocenters. The predicted octanol–water partition coefficient (Wildman–Crippen LogP) is 3.27. The number of halogens is 1. The molecule has 10 heteroatoms. The van der Waals surface area contributed by atoms with Crippen molar-refractivity contribution in [2.45, 2.75) is 6.92 Å². The molecule has 4 rings (SSSR count). The summed E-state index contributed by atoms with van der Waals surface area (Å²) in [7, 11) is 0. The number of hydrogen-bond donors (Lipinski definition) is 2. The first kappa shape index (κ1) is 19.2. The van der Waals surface area contributed by atoms with Gasteiger partial charge in [-0.1, -0.05) is 22.9 Å². The number of nitrogens with zero attached hydrogens (tertiary/aromatic N) is 2. The van der Waals surface area contributed by atoms with E-state index in [0.717, 1.165) is 4.70 Å². The number of fused-ring (bicyclic) bond motifs is 2. The van der Waals surface area contributed by atoms with Gasteiger partial charge in [-0.05, 0) is 36.4 Å². The lowest BCUT2D eigenvalue weighted by atomic mass is 10.2. The van der Waals surface area contributed by atoms with Crippen LogP contribution in [0.2, 0.25) is 5.02 Å². The maximum atomic E-state index is 12.6. The molecule has 0 aliphatic carbocycles. The second-order valence-corrected chi connectivity index (χ2v) is 7.78. The fourth-order valence-electron chi connectivity index (χ4n) is 2.90. The number of hydrogen-bond acceptors (Lipinski definition) is 6. The lowest BCUT2D eigenvalue weighted by molar-refractivity contribution is -0.123. The summed E-state index contributed by atoms with van der Waals surface area (Å²) in [6, 6.07) is 10.1. The van der Waals surface area contributed by atoms with Gasteiger partial charge in [0, 0.05) is 17.6 Å². The Kier molecular flexibility index (Phi) is 5.08. The molecule has 0 radical (unpaired) electrons. The van der Waals surface area contributed by atoms with Crippen LogP contribution in [0.3, 0.4) is 0 Å². The molecular weight excluding hydrogens is 416 g/mol. The Balaban J connectivity index is 1.50. The van der Waals surface area contributed by atoms with Crippen molar-refractivity contribution in [3.05, 3.63) is 41.4 Å². The normalized spacial score (nSPS) is 13.0. The zero-order chi connectivity index (χ0) is 20.5. The first-order valence-corrected chi connectivity index (χ1v) is 9.79. The van der Waals surface area contributed by atoms with Crippen LogP contribution < -0.4 is 20.3 Å². The fraction of sp³-hybridized carbons (Fsp3) is 0.158. The van der Waals surface area contributed by atoms with Gasteiger partial charge in [0.1, 0.15) is 12.3 Å². The minimum atomic E-state index is -0.364. The van der Waals surface area contributed by atoms with Crippen molar-refractivity contribution in [1.29, 1.82) is 0 Å². The topological polar surface area (TPSA) is 101 Å². The van der Waals surface area contributed by atoms with E-state index >= 15 is 0 Å². The van der Waals surface area contributed by atoms with Crippen LogP contribution in [0, 0.1) is 0 Å². The first-order chi connectivity index (χ1) is 13.9. The van der Waals surface area contributed by atoms with Crippen LogP contribution in [0.4, 0.5) is 16.5 Å². The van der Waals surface area contributed by atoms with Crippen LogP contribution in [-0.4, -0.2) is 35.9 Å².